The number of thiophene rings is 1. The van der Waals surface area contributed by atoms with Crippen LogP contribution in [-0.4, -0.2) is 32.7 Å². The third-order valence-corrected chi connectivity index (χ3v) is 6.38. The third kappa shape index (κ3) is 4.82. The van der Waals surface area contributed by atoms with Crippen molar-refractivity contribution in [1.82, 2.24) is 4.90 Å². The van der Waals surface area contributed by atoms with Crippen LogP contribution < -0.4 is 0 Å². The van der Waals surface area contributed by atoms with E-state index in [9.17, 15) is 14.0 Å². The predicted molar refractivity (Wildman–Crippen MR) is 111 cm³/mol. The van der Waals surface area contributed by atoms with Crippen LogP contribution in [0.5, 0.6) is 0 Å². The van der Waals surface area contributed by atoms with Gasteiger partial charge in [0.1, 0.15) is 10.1 Å². The maximum Gasteiger partial charge on any atom is 0.303 e. The minimum atomic E-state index is -0.844. The van der Waals surface area contributed by atoms with Gasteiger partial charge in [0.05, 0.1) is 4.91 Å². The van der Waals surface area contributed by atoms with Crippen LogP contribution in [0.15, 0.2) is 41.3 Å². The summed E-state index contributed by atoms with van der Waals surface area (Å²) >= 11 is 7.92. The molecule has 2 aromatic rings. The quantitative estimate of drug-likeness (QED) is 0.387. The zero-order valence-corrected chi connectivity index (χ0v) is 16.6. The first-order chi connectivity index (χ1) is 13.0. The number of halogens is 1. The molecular formula is C19H16FNO3S3. The van der Waals surface area contributed by atoms with Gasteiger partial charge in [0, 0.05) is 28.3 Å². The van der Waals surface area contributed by atoms with Gasteiger partial charge in [0.25, 0.3) is 5.91 Å². The summed E-state index contributed by atoms with van der Waals surface area (Å²) in [4.78, 5) is 26.8. The number of carboxylic acid groups (broad SMARTS) is 1. The number of carboxylic acids is 1. The molecule has 1 amide bonds. The number of rotatable bonds is 7. The molecule has 0 unspecified atom stereocenters. The monoisotopic (exact) mass is 421 g/mol. The Morgan fingerprint density at radius 2 is 2.00 bits per heavy atom. The average molecular weight is 422 g/mol. The summed E-state index contributed by atoms with van der Waals surface area (Å²) in [5, 5.41) is 8.68. The number of hydrogen-bond acceptors (Lipinski definition) is 5. The first-order valence-corrected chi connectivity index (χ1v) is 10.3. The highest BCUT2D eigenvalue weighted by Crippen LogP contribution is 2.36. The highest BCUT2D eigenvalue weighted by atomic mass is 32.2. The van der Waals surface area contributed by atoms with E-state index in [1.165, 1.54) is 34.1 Å². The number of thiocarbonyl (C=S) groups is 1. The molecule has 0 atom stereocenters. The molecule has 1 aromatic carbocycles. The van der Waals surface area contributed by atoms with E-state index >= 15 is 0 Å². The first-order valence-electron chi connectivity index (χ1n) is 8.27. The van der Waals surface area contributed by atoms with E-state index in [0.29, 0.717) is 34.2 Å². The van der Waals surface area contributed by atoms with Crippen LogP contribution in [0.3, 0.4) is 0 Å². The molecule has 0 bridgehead atoms. The molecule has 8 heteroatoms. The van der Waals surface area contributed by atoms with Crippen molar-refractivity contribution in [3.05, 3.63) is 52.0 Å². The van der Waals surface area contributed by atoms with Crippen LogP contribution in [-0.2, 0) is 9.59 Å². The molecular weight excluding hydrogens is 405 g/mol. The molecule has 2 heterocycles. The Kier molecular flexibility index (Phi) is 6.41. The van der Waals surface area contributed by atoms with Crippen molar-refractivity contribution in [1.29, 1.82) is 0 Å². The van der Waals surface area contributed by atoms with Crippen molar-refractivity contribution in [2.45, 2.75) is 19.3 Å². The van der Waals surface area contributed by atoms with Gasteiger partial charge in [0.2, 0.25) is 0 Å². The summed E-state index contributed by atoms with van der Waals surface area (Å²) in [7, 11) is 0. The van der Waals surface area contributed by atoms with Crippen LogP contribution >= 0.6 is 35.3 Å². The van der Waals surface area contributed by atoms with E-state index in [1.54, 1.807) is 24.3 Å². The Morgan fingerprint density at radius 1 is 1.22 bits per heavy atom. The minimum Gasteiger partial charge on any atom is -0.481 e. The first kappa shape index (κ1) is 19.7. The Balaban J connectivity index is 1.69. The van der Waals surface area contributed by atoms with Gasteiger partial charge in [-0.1, -0.05) is 42.2 Å². The summed E-state index contributed by atoms with van der Waals surface area (Å²) in [6, 6.07) is 10.3. The van der Waals surface area contributed by atoms with Crippen molar-refractivity contribution >= 4 is 57.6 Å². The standard InChI is InChI=1S/C19H16FNO3S3/c20-14-6-2-1-5-13(14)15-9-8-12(26-15)11-16-18(24)21(19(25)27-16)10-4-3-7-17(22)23/h1-2,5-6,8-9,11H,3-4,7,10H2,(H,22,23)/b16-11-. The second-order valence-electron chi connectivity index (χ2n) is 5.87. The third-order valence-electron chi connectivity index (χ3n) is 3.94. The smallest absolute Gasteiger partial charge is 0.303 e. The van der Waals surface area contributed by atoms with Gasteiger partial charge in [-0.15, -0.1) is 11.3 Å². The zero-order valence-electron chi connectivity index (χ0n) is 14.2. The van der Waals surface area contributed by atoms with Gasteiger partial charge in [-0.25, -0.2) is 4.39 Å². The molecule has 0 aliphatic carbocycles. The van der Waals surface area contributed by atoms with Crippen LogP contribution in [0.2, 0.25) is 0 Å². The molecule has 1 fully saturated rings. The van der Waals surface area contributed by atoms with E-state index < -0.39 is 5.97 Å². The van der Waals surface area contributed by atoms with Gasteiger partial charge in [-0.3, -0.25) is 14.5 Å². The second-order valence-corrected chi connectivity index (χ2v) is 8.66. The van der Waals surface area contributed by atoms with Crippen molar-refractivity contribution in [2.24, 2.45) is 0 Å². The van der Waals surface area contributed by atoms with Crippen LogP contribution in [0.4, 0.5) is 4.39 Å². The lowest BCUT2D eigenvalue weighted by atomic mass is 10.2. The van der Waals surface area contributed by atoms with Crippen LogP contribution in [0.1, 0.15) is 24.1 Å². The summed E-state index contributed by atoms with van der Waals surface area (Å²) in [6.45, 7) is 0.417. The van der Waals surface area contributed by atoms with Crippen molar-refractivity contribution in [3.8, 4) is 10.4 Å². The van der Waals surface area contributed by atoms with E-state index in [-0.39, 0.29) is 18.1 Å². The van der Waals surface area contributed by atoms with Gasteiger partial charge in [0.15, 0.2) is 0 Å². The Morgan fingerprint density at radius 3 is 2.74 bits per heavy atom. The highest BCUT2D eigenvalue weighted by molar-refractivity contribution is 8.26. The Bertz CT molecular complexity index is 922. The average Bonchev–Trinajstić information content (AvgIpc) is 3.18. The molecule has 1 aromatic heterocycles. The fourth-order valence-electron chi connectivity index (χ4n) is 2.60. The largest absolute Gasteiger partial charge is 0.481 e. The molecule has 1 saturated heterocycles. The molecule has 27 heavy (non-hydrogen) atoms. The molecule has 0 spiro atoms. The lowest BCUT2D eigenvalue weighted by molar-refractivity contribution is -0.137. The lowest BCUT2D eigenvalue weighted by Gasteiger charge is -2.13. The topological polar surface area (TPSA) is 57.6 Å². The minimum absolute atomic E-state index is 0.0820. The summed E-state index contributed by atoms with van der Waals surface area (Å²) in [5.41, 5.74) is 0.535. The molecule has 1 N–H and O–H groups in total. The molecule has 140 valence electrons. The summed E-state index contributed by atoms with van der Waals surface area (Å²) < 4.78 is 14.4. The van der Waals surface area contributed by atoms with Crippen molar-refractivity contribution < 1.29 is 19.1 Å². The van der Waals surface area contributed by atoms with E-state index in [4.69, 9.17) is 17.3 Å². The molecule has 4 nitrogen and oxygen atoms in total. The van der Waals surface area contributed by atoms with E-state index in [2.05, 4.69) is 0 Å². The van der Waals surface area contributed by atoms with Gasteiger partial charge >= 0.3 is 5.97 Å². The molecule has 1 aliphatic heterocycles. The van der Waals surface area contributed by atoms with Gasteiger partial charge in [-0.05, 0) is 37.1 Å². The van der Waals surface area contributed by atoms with E-state index in [1.807, 2.05) is 12.1 Å². The number of amides is 1. The fraction of sp³-hybridized carbons (Fsp3) is 0.211. The summed E-state index contributed by atoms with van der Waals surface area (Å²) in [5.74, 6) is -1.29. The number of carbonyl (C=O) groups is 2. The highest BCUT2D eigenvalue weighted by Gasteiger charge is 2.31. The number of benzene rings is 1. The fourth-order valence-corrected chi connectivity index (χ4v) is 4.96. The zero-order chi connectivity index (χ0) is 19.4. The maximum atomic E-state index is 13.9. The number of aliphatic carboxylic acids is 1. The van der Waals surface area contributed by atoms with Crippen molar-refractivity contribution in [2.75, 3.05) is 6.54 Å². The number of unbranched alkanes of at least 4 members (excludes halogenated alkanes) is 1. The van der Waals surface area contributed by atoms with Crippen LogP contribution in [0.25, 0.3) is 16.5 Å². The number of nitrogens with zero attached hydrogens (tertiary/aromatic N) is 1. The second kappa shape index (κ2) is 8.77. The lowest BCUT2D eigenvalue weighted by Crippen LogP contribution is -2.29. The Hall–Kier alpha value is -2.03. The SMILES string of the molecule is O=C(O)CCCCN1C(=O)/C(=C/c2ccc(-c3ccccc3F)s2)SC1=S. The molecule has 3 rings (SSSR count). The van der Waals surface area contributed by atoms with Crippen molar-refractivity contribution in [3.63, 3.8) is 0 Å². The van der Waals surface area contributed by atoms with Crippen LogP contribution in [0, 0.1) is 5.82 Å². The molecule has 0 radical (unpaired) electrons. The molecule has 0 saturated carbocycles. The number of carbonyl (C=O) groups excluding carboxylic acids is 1. The van der Waals surface area contributed by atoms with E-state index in [0.717, 1.165) is 9.75 Å². The number of thioether (sulfide) groups is 1. The Labute approximate surface area is 169 Å². The predicted octanol–water partition coefficient (Wildman–Crippen LogP) is 5.01. The number of hydrogen-bond donors (Lipinski definition) is 1. The summed E-state index contributed by atoms with van der Waals surface area (Å²) in [6.07, 6.45) is 2.94. The van der Waals surface area contributed by atoms with Gasteiger partial charge in [-0.2, -0.15) is 0 Å². The molecule has 1 aliphatic rings. The van der Waals surface area contributed by atoms with Gasteiger partial charge < -0.3 is 5.11 Å². The maximum absolute atomic E-state index is 13.9. The normalized spacial score (nSPS) is 15.7.